The molecular formula is C15H24N2O2S. The maximum absolute atomic E-state index is 12.2. The number of hydrogen-bond donors (Lipinski definition) is 2. The van der Waals surface area contributed by atoms with Gasteiger partial charge in [0.05, 0.1) is 4.90 Å². The number of hydrazine groups is 1. The van der Waals surface area contributed by atoms with Crippen molar-refractivity contribution in [2.75, 3.05) is 0 Å². The molecule has 5 heteroatoms. The minimum atomic E-state index is -3.55. The summed E-state index contributed by atoms with van der Waals surface area (Å²) in [5, 5.41) is 0. The Labute approximate surface area is 122 Å². The highest BCUT2D eigenvalue weighted by atomic mass is 32.2. The molecule has 1 rings (SSSR count). The van der Waals surface area contributed by atoms with Crippen molar-refractivity contribution in [3.05, 3.63) is 41.1 Å². The van der Waals surface area contributed by atoms with Crippen molar-refractivity contribution in [1.29, 1.82) is 0 Å². The van der Waals surface area contributed by atoms with Crippen LogP contribution in [0.25, 0.3) is 0 Å². The summed E-state index contributed by atoms with van der Waals surface area (Å²) in [7, 11) is -3.55. The Morgan fingerprint density at radius 3 is 2.55 bits per heavy atom. The third-order valence-corrected chi connectivity index (χ3v) is 4.30. The Bertz CT molecular complexity index is 590. The van der Waals surface area contributed by atoms with Crippen LogP contribution in [-0.4, -0.2) is 8.42 Å². The molecule has 0 spiro atoms. The topological polar surface area (TPSA) is 58.2 Å². The quantitative estimate of drug-likeness (QED) is 0.793. The monoisotopic (exact) mass is 296 g/mol. The third kappa shape index (κ3) is 4.98. The molecule has 0 saturated carbocycles. The van der Waals surface area contributed by atoms with Crippen LogP contribution in [0.5, 0.6) is 0 Å². The number of nitrogens with one attached hydrogen (secondary N) is 2. The van der Waals surface area contributed by atoms with Crippen molar-refractivity contribution in [2.45, 2.75) is 45.9 Å². The third-order valence-electron chi connectivity index (χ3n) is 2.91. The van der Waals surface area contributed by atoms with Crippen LogP contribution in [-0.2, 0) is 10.0 Å². The van der Waals surface area contributed by atoms with E-state index >= 15 is 0 Å². The molecule has 0 saturated heterocycles. The Morgan fingerprint density at radius 2 is 1.95 bits per heavy atom. The molecule has 0 radical (unpaired) electrons. The lowest BCUT2D eigenvalue weighted by Crippen LogP contribution is -2.36. The van der Waals surface area contributed by atoms with E-state index < -0.39 is 10.0 Å². The van der Waals surface area contributed by atoms with E-state index in [0.29, 0.717) is 10.8 Å². The molecular weight excluding hydrogens is 272 g/mol. The lowest BCUT2D eigenvalue weighted by molar-refractivity contribution is 0.569. The van der Waals surface area contributed by atoms with Gasteiger partial charge in [-0.05, 0) is 50.3 Å². The minimum absolute atomic E-state index is 0.307. The molecule has 20 heavy (non-hydrogen) atoms. The zero-order valence-electron chi connectivity index (χ0n) is 12.8. The van der Waals surface area contributed by atoms with E-state index in [0.717, 1.165) is 23.2 Å². The molecule has 0 unspecified atom stereocenters. The normalized spacial score (nSPS) is 12.8. The van der Waals surface area contributed by atoms with Crippen molar-refractivity contribution in [3.8, 4) is 0 Å². The molecule has 1 aromatic rings. The number of rotatable bonds is 6. The molecule has 0 bridgehead atoms. The van der Waals surface area contributed by atoms with Gasteiger partial charge in [-0.3, -0.25) is 0 Å². The number of hydrogen-bond acceptors (Lipinski definition) is 3. The minimum Gasteiger partial charge on any atom is -0.313 e. The predicted molar refractivity (Wildman–Crippen MR) is 82.6 cm³/mol. The Hall–Kier alpha value is -1.33. The molecule has 0 aliphatic carbocycles. The van der Waals surface area contributed by atoms with Crippen LogP contribution in [0.15, 0.2) is 34.9 Å². The van der Waals surface area contributed by atoms with Gasteiger partial charge in [0.15, 0.2) is 0 Å². The summed E-state index contributed by atoms with van der Waals surface area (Å²) < 4.78 is 24.5. The SMILES string of the molecule is C/C(=C\CC(C)C)NNS(=O)(=O)c1cc(C)ccc1C. The summed E-state index contributed by atoms with van der Waals surface area (Å²) >= 11 is 0. The zero-order chi connectivity index (χ0) is 15.3. The van der Waals surface area contributed by atoms with E-state index in [1.165, 1.54) is 0 Å². The first-order valence-corrected chi connectivity index (χ1v) is 8.22. The predicted octanol–water partition coefficient (Wildman–Crippen LogP) is 3.04. The second-order valence-corrected chi connectivity index (χ2v) is 7.17. The molecule has 0 fully saturated rings. The van der Waals surface area contributed by atoms with Crippen molar-refractivity contribution in [3.63, 3.8) is 0 Å². The van der Waals surface area contributed by atoms with Gasteiger partial charge in [-0.15, -0.1) is 4.83 Å². The first-order chi connectivity index (χ1) is 9.22. The van der Waals surface area contributed by atoms with Gasteiger partial charge < -0.3 is 5.43 Å². The lowest BCUT2D eigenvalue weighted by atomic mass is 10.1. The number of sulfonamides is 1. The maximum Gasteiger partial charge on any atom is 0.257 e. The van der Waals surface area contributed by atoms with E-state index in [-0.39, 0.29) is 0 Å². The first kappa shape index (κ1) is 16.7. The van der Waals surface area contributed by atoms with Gasteiger partial charge in [-0.2, -0.15) is 0 Å². The molecule has 4 nitrogen and oxygen atoms in total. The van der Waals surface area contributed by atoms with Gasteiger partial charge in [0.25, 0.3) is 10.0 Å². The smallest absolute Gasteiger partial charge is 0.257 e. The van der Waals surface area contributed by atoms with Crippen molar-refractivity contribution >= 4 is 10.0 Å². The van der Waals surface area contributed by atoms with E-state index in [4.69, 9.17) is 0 Å². The standard InChI is InChI=1S/C15H24N2O2S/c1-11(2)6-9-14(5)16-17-20(18,19)15-10-12(3)7-8-13(15)4/h7-11,16-17H,6H2,1-5H3/b14-9+. The number of benzene rings is 1. The van der Waals surface area contributed by atoms with Crippen LogP contribution in [0.1, 0.15) is 38.3 Å². The lowest BCUT2D eigenvalue weighted by Gasteiger charge is -2.12. The highest BCUT2D eigenvalue weighted by molar-refractivity contribution is 7.89. The average Bonchev–Trinajstić information content (AvgIpc) is 2.36. The Balaban J connectivity index is 2.81. The van der Waals surface area contributed by atoms with Crippen LogP contribution < -0.4 is 10.3 Å². The molecule has 0 atom stereocenters. The summed E-state index contributed by atoms with van der Waals surface area (Å²) in [6.45, 7) is 9.73. The zero-order valence-corrected chi connectivity index (χ0v) is 13.6. The highest BCUT2D eigenvalue weighted by Gasteiger charge is 2.16. The van der Waals surface area contributed by atoms with E-state index in [9.17, 15) is 8.42 Å². The second kappa shape index (κ2) is 6.90. The molecule has 0 aromatic heterocycles. The summed E-state index contributed by atoms with van der Waals surface area (Å²) in [6.07, 6.45) is 2.89. The molecule has 1 aromatic carbocycles. The molecule has 0 heterocycles. The fourth-order valence-electron chi connectivity index (χ4n) is 1.66. The largest absolute Gasteiger partial charge is 0.313 e. The van der Waals surface area contributed by atoms with Crippen molar-refractivity contribution < 1.29 is 8.42 Å². The van der Waals surface area contributed by atoms with Crippen LogP contribution in [0.4, 0.5) is 0 Å². The molecule has 0 aliphatic heterocycles. The molecule has 0 aliphatic rings. The second-order valence-electron chi connectivity index (χ2n) is 5.52. The summed E-state index contributed by atoms with van der Waals surface area (Å²) in [5.74, 6) is 0.544. The Kier molecular flexibility index (Phi) is 5.77. The van der Waals surface area contributed by atoms with Gasteiger partial charge in [-0.25, -0.2) is 8.42 Å². The van der Waals surface area contributed by atoms with Gasteiger partial charge in [0, 0.05) is 5.70 Å². The van der Waals surface area contributed by atoms with E-state index in [2.05, 4.69) is 24.1 Å². The van der Waals surface area contributed by atoms with Crippen LogP contribution in [0.3, 0.4) is 0 Å². The first-order valence-electron chi connectivity index (χ1n) is 6.74. The van der Waals surface area contributed by atoms with E-state index in [1.54, 1.807) is 13.0 Å². The van der Waals surface area contributed by atoms with Gasteiger partial charge in [-0.1, -0.05) is 32.1 Å². The number of aryl methyl sites for hydroxylation is 2. The maximum atomic E-state index is 12.2. The molecule has 0 amide bonds. The van der Waals surface area contributed by atoms with Crippen LogP contribution in [0.2, 0.25) is 0 Å². The highest BCUT2D eigenvalue weighted by Crippen LogP contribution is 2.16. The van der Waals surface area contributed by atoms with Crippen molar-refractivity contribution in [2.24, 2.45) is 5.92 Å². The Morgan fingerprint density at radius 1 is 1.30 bits per heavy atom. The summed E-state index contributed by atoms with van der Waals surface area (Å²) in [4.78, 5) is 2.73. The van der Waals surface area contributed by atoms with Gasteiger partial charge in [0.2, 0.25) is 0 Å². The van der Waals surface area contributed by atoms with Crippen LogP contribution in [0, 0.1) is 19.8 Å². The van der Waals surface area contributed by atoms with Gasteiger partial charge >= 0.3 is 0 Å². The average molecular weight is 296 g/mol. The van der Waals surface area contributed by atoms with Gasteiger partial charge in [0.1, 0.15) is 0 Å². The van der Waals surface area contributed by atoms with E-state index in [1.807, 2.05) is 32.1 Å². The molecule has 2 N–H and O–H groups in total. The fourth-order valence-corrected chi connectivity index (χ4v) is 2.90. The number of allylic oxidation sites excluding steroid dienone is 2. The van der Waals surface area contributed by atoms with Crippen LogP contribution >= 0.6 is 0 Å². The van der Waals surface area contributed by atoms with Crippen molar-refractivity contribution in [1.82, 2.24) is 10.3 Å². The fraction of sp³-hybridized carbons (Fsp3) is 0.467. The summed E-state index contributed by atoms with van der Waals surface area (Å²) in [6, 6.07) is 5.38. The molecule has 112 valence electrons. The summed E-state index contributed by atoms with van der Waals surface area (Å²) in [5.41, 5.74) is 5.20.